The van der Waals surface area contributed by atoms with Gasteiger partial charge in [0, 0.05) is 17.5 Å². The van der Waals surface area contributed by atoms with Crippen LogP contribution >= 0.6 is 11.3 Å². The monoisotopic (exact) mass is 268 g/mol. The van der Waals surface area contributed by atoms with Gasteiger partial charge in [0.25, 0.3) is 0 Å². The Morgan fingerprint density at radius 1 is 1.61 bits per heavy atom. The van der Waals surface area contributed by atoms with Crippen molar-refractivity contribution >= 4 is 17.3 Å². The predicted octanol–water partition coefficient (Wildman–Crippen LogP) is 2.27. The third-order valence-corrected chi connectivity index (χ3v) is 4.54. The van der Waals surface area contributed by atoms with Gasteiger partial charge in [0.05, 0.1) is 24.2 Å². The zero-order valence-electron chi connectivity index (χ0n) is 10.9. The first-order valence-electron chi connectivity index (χ1n) is 6.41. The lowest BCUT2D eigenvalue weighted by Crippen LogP contribution is -2.36. The number of ether oxygens (including phenoxy) is 1. The van der Waals surface area contributed by atoms with E-state index in [1.807, 2.05) is 12.4 Å². The van der Waals surface area contributed by atoms with E-state index in [4.69, 9.17) is 4.74 Å². The molecule has 2 unspecified atom stereocenters. The summed E-state index contributed by atoms with van der Waals surface area (Å²) in [4.78, 5) is 17.1. The number of rotatable bonds is 4. The van der Waals surface area contributed by atoms with Crippen molar-refractivity contribution in [1.29, 1.82) is 0 Å². The van der Waals surface area contributed by atoms with E-state index in [9.17, 15) is 4.79 Å². The van der Waals surface area contributed by atoms with E-state index in [0.717, 1.165) is 37.9 Å². The molecule has 1 aromatic rings. The number of nitrogens with zero attached hydrogens (tertiary/aromatic N) is 1. The molecule has 0 aliphatic heterocycles. The molecule has 1 fully saturated rings. The van der Waals surface area contributed by atoms with Crippen molar-refractivity contribution in [3.63, 3.8) is 0 Å². The SMILES string of the molecule is COC(=O)C1CCCC(NCc2scnc2C)C1. The molecule has 0 amide bonds. The van der Waals surface area contributed by atoms with E-state index >= 15 is 0 Å². The largest absolute Gasteiger partial charge is 0.469 e. The summed E-state index contributed by atoms with van der Waals surface area (Å²) in [5.41, 5.74) is 2.98. The van der Waals surface area contributed by atoms with Crippen molar-refractivity contribution in [3.05, 3.63) is 16.1 Å². The van der Waals surface area contributed by atoms with Crippen molar-refractivity contribution in [2.24, 2.45) is 5.92 Å². The van der Waals surface area contributed by atoms with Gasteiger partial charge in [-0.25, -0.2) is 4.98 Å². The molecule has 1 aromatic heterocycles. The molecule has 1 aliphatic rings. The second kappa shape index (κ2) is 6.29. The summed E-state index contributed by atoms with van der Waals surface area (Å²) in [6.45, 7) is 2.89. The van der Waals surface area contributed by atoms with Gasteiger partial charge in [-0.05, 0) is 26.2 Å². The van der Waals surface area contributed by atoms with Crippen LogP contribution in [0.15, 0.2) is 5.51 Å². The fourth-order valence-electron chi connectivity index (χ4n) is 2.49. The molecular weight excluding hydrogens is 248 g/mol. The lowest BCUT2D eigenvalue weighted by Gasteiger charge is -2.28. The molecule has 0 radical (unpaired) electrons. The Hall–Kier alpha value is -0.940. The van der Waals surface area contributed by atoms with Crippen LogP contribution in [0.2, 0.25) is 0 Å². The summed E-state index contributed by atoms with van der Waals surface area (Å²) in [7, 11) is 1.47. The Labute approximate surface area is 112 Å². The maximum Gasteiger partial charge on any atom is 0.308 e. The maximum atomic E-state index is 11.5. The Bertz CT molecular complexity index is 405. The van der Waals surface area contributed by atoms with E-state index in [1.165, 1.54) is 12.0 Å². The summed E-state index contributed by atoms with van der Waals surface area (Å²) in [6.07, 6.45) is 4.10. The van der Waals surface area contributed by atoms with Crippen LogP contribution in [0, 0.1) is 12.8 Å². The van der Waals surface area contributed by atoms with Crippen molar-refractivity contribution in [1.82, 2.24) is 10.3 Å². The molecule has 2 rings (SSSR count). The third-order valence-electron chi connectivity index (χ3n) is 3.60. The van der Waals surface area contributed by atoms with Gasteiger partial charge >= 0.3 is 5.97 Å². The molecule has 4 nitrogen and oxygen atoms in total. The first-order chi connectivity index (χ1) is 8.70. The minimum atomic E-state index is -0.0597. The van der Waals surface area contributed by atoms with Crippen molar-refractivity contribution < 1.29 is 9.53 Å². The minimum absolute atomic E-state index is 0.0597. The molecule has 5 heteroatoms. The van der Waals surface area contributed by atoms with E-state index in [-0.39, 0.29) is 11.9 Å². The second-order valence-electron chi connectivity index (χ2n) is 4.83. The molecule has 100 valence electrons. The fourth-order valence-corrected chi connectivity index (χ4v) is 3.22. The smallest absolute Gasteiger partial charge is 0.308 e. The van der Waals surface area contributed by atoms with Gasteiger partial charge in [-0.15, -0.1) is 11.3 Å². The maximum absolute atomic E-state index is 11.5. The first kappa shape index (κ1) is 13.5. The number of aryl methyl sites for hydroxylation is 1. The number of nitrogens with one attached hydrogen (secondary N) is 1. The lowest BCUT2D eigenvalue weighted by atomic mass is 9.86. The van der Waals surface area contributed by atoms with Crippen LogP contribution < -0.4 is 5.32 Å². The second-order valence-corrected chi connectivity index (χ2v) is 5.76. The van der Waals surface area contributed by atoms with Crippen LogP contribution in [0.4, 0.5) is 0 Å². The molecule has 1 N–H and O–H groups in total. The van der Waals surface area contributed by atoms with Gasteiger partial charge in [-0.3, -0.25) is 4.79 Å². The summed E-state index contributed by atoms with van der Waals surface area (Å²) < 4.78 is 4.83. The molecule has 2 atom stereocenters. The number of carbonyl (C=O) groups is 1. The van der Waals surface area contributed by atoms with Gasteiger partial charge in [0.1, 0.15) is 0 Å². The summed E-state index contributed by atoms with van der Waals surface area (Å²) in [5.74, 6) is 0.0132. The number of hydrogen-bond donors (Lipinski definition) is 1. The lowest BCUT2D eigenvalue weighted by molar-refractivity contribution is -0.146. The topological polar surface area (TPSA) is 51.2 Å². The van der Waals surface area contributed by atoms with Crippen LogP contribution in [0.25, 0.3) is 0 Å². The van der Waals surface area contributed by atoms with Crippen LogP contribution in [0.3, 0.4) is 0 Å². The number of aromatic nitrogens is 1. The fraction of sp³-hybridized carbons (Fsp3) is 0.692. The normalized spacial score (nSPS) is 23.9. The van der Waals surface area contributed by atoms with Crippen LogP contribution in [-0.4, -0.2) is 24.1 Å². The molecule has 0 bridgehead atoms. The minimum Gasteiger partial charge on any atom is -0.469 e. The number of methoxy groups -OCH3 is 1. The van der Waals surface area contributed by atoms with Crippen molar-refractivity contribution in [2.75, 3.05) is 7.11 Å². The number of hydrogen-bond acceptors (Lipinski definition) is 5. The average Bonchev–Trinajstić information content (AvgIpc) is 2.81. The van der Waals surface area contributed by atoms with E-state index in [2.05, 4.69) is 10.3 Å². The van der Waals surface area contributed by atoms with E-state index < -0.39 is 0 Å². The molecule has 0 saturated heterocycles. The highest BCUT2D eigenvalue weighted by molar-refractivity contribution is 7.09. The Kier molecular flexibility index (Phi) is 4.72. The highest BCUT2D eigenvalue weighted by Gasteiger charge is 2.27. The van der Waals surface area contributed by atoms with Crippen molar-refractivity contribution in [2.45, 2.75) is 45.2 Å². The van der Waals surface area contributed by atoms with E-state index in [0.29, 0.717) is 6.04 Å². The van der Waals surface area contributed by atoms with Gasteiger partial charge < -0.3 is 10.1 Å². The first-order valence-corrected chi connectivity index (χ1v) is 7.29. The highest BCUT2D eigenvalue weighted by Crippen LogP contribution is 2.25. The van der Waals surface area contributed by atoms with Crippen LogP contribution in [0.1, 0.15) is 36.3 Å². The van der Waals surface area contributed by atoms with Crippen LogP contribution in [0.5, 0.6) is 0 Å². The van der Waals surface area contributed by atoms with Gasteiger partial charge in [-0.2, -0.15) is 0 Å². The molecule has 0 spiro atoms. The molecule has 1 aliphatic carbocycles. The highest BCUT2D eigenvalue weighted by atomic mass is 32.1. The van der Waals surface area contributed by atoms with Crippen molar-refractivity contribution in [3.8, 4) is 0 Å². The molecule has 1 heterocycles. The molecular formula is C13H20N2O2S. The molecule has 18 heavy (non-hydrogen) atoms. The van der Waals surface area contributed by atoms with Gasteiger partial charge in [-0.1, -0.05) is 6.42 Å². The Morgan fingerprint density at radius 2 is 2.44 bits per heavy atom. The Balaban J connectivity index is 1.83. The molecule has 1 saturated carbocycles. The predicted molar refractivity (Wildman–Crippen MR) is 71.5 cm³/mol. The quantitative estimate of drug-likeness (QED) is 0.851. The van der Waals surface area contributed by atoms with Gasteiger partial charge in [0.2, 0.25) is 0 Å². The average molecular weight is 268 g/mol. The molecule has 0 aromatic carbocycles. The summed E-state index contributed by atoms with van der Waals surface area (Å²) in [5, 5.41) is 3.54. The summed E-state index contributed by atoms with van der Waals surface area (Å²) >= 11 is 1.68. The Morgan fingerprint density at radius 3 is 3.11 bits per heavy atom. The van der Waals surface area contributed by atoms with Crippen LogP contribution in [-0.2, 0) is 16.1 Å². The summed E-state index contributed by atoms with van der Waals surface area (Å²) in [6, 6.07) is 0.421. The number of thiazole rings is 1. The van der Waals surface area contributed by atoms with Gasteiger partial charge in [0.15, 0.2) is 0 Å². The standard InChI is InChI=1S/C13H20N2O2S/c1-9-12(18-8-15-9)7-14-11-5-3-4-10(6-11)13(16)17-2/h8,10-11,14H,3-7H2,1-2H3. The number of esters is 1. The van der Waals surface area contributed by atoms with E-state index in [1.54, 1.807) is 11.3 Å². The zero-order valence-corrected chi connectivity index (χ0v) is 11.8. The zero-order chi connectivity index (χ0) is 13.0. The number of carbonyl (C=O) groups excluding carboxylic acids is 1. The third kappa shape index (κ3) is 3.29.